The van der Waals surface area contributed by atoms with Crippen molar-refractivity contribution < 1.29 is 14.3 Å². The maximum absolute atomic E-state index is 12.7. The number of carbonyl (C=O) groups excluding carboxylic acids is 2. The Morgan fingerprint density at radius 3 is 2.52 bits per heavy atom. The van der Waals surface area contributed by atoms with Gasteiger partial charge in [0.25, 0.3) is 0 Å². The number of benzene rings is 1. The smallest absolute Gasteiger partial charge is 0.245 e. The zero-order valence-electron chi connectivity index (χ0n) is 14.4. The highest BCUT2D eigenvalue weighted by Gasteiger charge is 2.36. The molecule has 1 aromatic carbocycles. The highest BCUT2D eigenvalue weighted by Crippen LogP contribution is 2.19. The summed E-state index contributed by atoms with van der Waals surface area (Å²) in [6.07, 6.45) is 1.69. The van der Waals surface area contributed by atoms with Gasteiger partial charge in [-0.05, 0) is 36.8 Å². The molecule has 2 amide bonds. The number of hydrogen-bond acceptors (Lipinski definition) is 4. The van der Waals surface area contributed by atoms with Gasteiger partial charge in [-0.15, -0.1) is 0 Å². The normalized spacial score (nSPS) is 17.8. The first-order valence-electron chi connectivity index (χ1n) is 8.19. The first kappa shape index (κ1) is 17.0. The monoisotopic (exact) mass is 339 g/mol. The second kappa shape index (κ2) is 7.34. The summed E-state index contributed by atoms with van der Waals surface area (Å²) in [7, 11) is 1.61. The highest BCUT2D eigenvalue weighted by atomic mass is 16.5. The van der Waals surface area contributed by atoms with Crippen LogP contribution in [-0.4, -0.2) is 46.3 Å². The first-order chi connectivity index (χ1) is 12.1. The lowest BCUT2D eigenvalue weighted by atomic mass is 10.1. The van der Waals surface area contributed by atoms with Crippen molar-refractivity contribution in [2.24, 2.45) is 0 Å². The van der Waals surface area contributed by atoms with Crippen molar-refractivity contribution in [1.29, 1.82) is 0 Å². The maximum atomic E-state index is 12.7. The Morgan fingerprint density at radius 2 is 1.88 bits per heavy atom. The summed E-state index contributed by atoms with van der Waals surface area (Å²) in [6.45, 7) is 2.62. The molecular formula is C19H21N3O3. The van der Waals surface area contributed by atoms with Gasteiger partial charge < -0.3 is 14.5 Å². The third-order valence-corrected chi connectivity index (χ3v) is 4.37. The number of piperazine rings is 1. The molecule has 2 heterocycles. The number of carbonyl (C=O) groups is 2. The molecule has 130 valence electrons. The highest BCUT2D eigenvalue weighted by molar-refractivity contribution is 5.94. The molecule has 0 spiro atoms. The van der Waals surface area contributed by atoms with E-state index in [0.29, 0.717) is 13.1 Å². The zero-order valence-corrected chi connectivity index (χ0v) is 14.4. The fourth-order valence-electron chi connectivity index (χ4n) is 2.92. The van der Waals surface area contributed by atoms with Gasteiger partial charge >= 0.3 is 0 Å². The minimum atomic E-state index is -0.499. The van der Waals surface area contributed by atoms with Crippen LogP contribution in [0.1, 0.15) is 18.2 Å². The SMILES string of the molecule is COc1ccc(CN2CC(=O)N(Cc3ccccn3)[C@@H](C)C2=O)cc1. The van der Waals surface area contributed by atoms with Gasteiger partial charge in [0.2, 0.25) is 11.8 Å². The minimum Gasteiger partial charge on any atom is -0.497 e. The average molecular weight is 339 g/mol. The molecule has 1 aliphatic rings. The van der Waals surface area contributed by atoms with Gasteiger partial charge in [0, 0.05) is 12.7 Å². The molecule has 1 saturated heterocycles. The molecule has 1 fully saturated rings. The van der Waals surface area contributed by atoms with Crippen LogP contribution in [-0.2, 0) is 22.7 Å². The summed E-state index contributed by atoms with van der Waals surface area (Å²) in [6, 6.07) is 12.6. The van der Waals surface area contributed by atoms with E-state index in [2.05, 4.69) is 4.98 Å². The van der Waals surface area contributed by atoms with E-state index >= 15 is 0 Å². The van der Waals surface area contributed by atoms with Crippen molar-refractivity contribution in [3.8, 4) is 5.75 Å². The number of pyridine rings is 1. The van der Waals surface area contributed by atoms with Crippen molar-refractivity contribution in [1.82, 2.24) is 14.8 Å². The van der Waals surface area contributed by atoms with Gasteiger partial charge in [-0.25, -0.2) is 0 Å². The molecule has 6 heteroatoms. The molecule has 1 aromatic heterocycles. The van der Waals surface area contributed by atoms with Gasteiger partial charge in [0.1, 0.15) is 18.3 Å². The molecule has 3 rings (SSSR count). The van der Waals surface area contributed by atoms with E-state index in [9.17, 15) is 9.59 Å². The summed E-state index contributed by atoms with van der Waals surface area (Å²) < 4.78 is 5.14. The average Bonchev–Trinajstić information content (AvgIpc) is 2.64. The van der Waals surface area contributed by atoms with E-state index < -0.39 is 6.04 Å². The Morgan fingerprint density at radius 1 is 1.12 bits per heavy atom. The van der Waals surface area contributed by atoms with Gasteiger partial charge in [0.05, 0.1) is 19.3 Å². The Hall–Kier alpha value is -2.89. The fourth-order valence-corrected chi connectivity index (χ4v) is 2.92. The lowest BCUT2D eigenvalue weighted by molar-refractivity contribution is -0.156. The molecule has 0 saturated carbocycles. The quantitative estimate of drug-likeness (QED) is 0.834. The lowest BCUT2D eigenvalue weighted by Gasteiger charge is -2.38. The number of rotatable bonds is 5. The summed E-state index contributed by atoms with van der Waals surface area (Å²) in [5.74, 6) is 0.650. The molecule has 25 heavy (non-hydrogen) atoms. The van der Waals surface area contributed by atoms with E-state index in [1.807, 2.05) is 42.5 Å². The molecule has 0 unspecified atom stereocenters. The topological polar surface area (TPSA) is 62.7 Å². The molecule has 0 radical (unpaired) electrons. The lowest BCUT2D eigenvalue weighted by Crippen LogP contribution is -2.58. The molecule has 1 aliphatic heterocycles. The third-order valence-electron chi connectivity index (χ3n) is 4.37. The third kappa shape index (κ3) is 3.79. The molecule has 1 atom stereocenters. The standard InChI is InChI=1S/C19H21N3O3/c1-14-19(24)21(11-15-6-8-17(25-2)9-7-15)13-18(23)22(14)12-16-5-3-4-10-20-16/h3-10,14H,11-13H2,1-2H3/t14-/m0/s1. The van der Waals surface area contributed by atoms with Crippen LogP contribution in [0.5, 0.6) is 5.75 Å². The maximum Gasteiger partial charge on any atom is 0.245 e. The molecule has 0 aliphatic carbocycles. The molecule has 2 aromatic rings. The van der Waals surface area contributed by atoms with E-state index in [1.54, 1.807) is 30.0 Å². The molecular weight excluding hydrogens is 318 g/mol. The fraction of sp³-hybridized carbons (Fsp3) is 0.316. The van der Waals surface area contributed by atoms with Crippen molar-refractivity contribution >= 4 is 11.8 Å². The summed E-state index contributed by atoms with van der Waals surface area (Å²) in [5.41, 5.74) is 1.74. The number of amides is 2. The Bertz CT molecular complexity index is 746. The largest absolute Gasteiger partial charge is 0.497 e. The Kier molecular flexibility index (Phi) is 4.97. The van der Waals surface area contributed by atoms with Crippen molar-refractivity contribution in [3.05, 3.63) is 59.9 Å². The van der Waals surface area contributed by atoms with Crippen molar-refractivity contribution in [2.75, 3.05) is 13.7 Å². The number of ether oxygens (including phenoxy) is 1. The predicted molar refractivity (Wildman–Crippen MR) is 92.7 cm³/mol. The summed E-state index contributed by atoms with van der Waals surface area (Å²) in [5, 5.41) is 0. The number of nitrogens with zero attached hydrogens (tertiary/aromatic N) is 3. The van der Waals surface area contributed by atoms with Crippen LogP contribution in [0.4, 0.5) is 0 Å². The van der Waals surface area contributed by atoms with Crippen LogP contribution < -0.4 is 4.74 Å². The predicted octanol–water partition coefficient (Wildman–Crippen LogP) is 1.85. The van der Waals surface area contributed by atoms with E-state index in [4.69, 9.17) is 4.74 Å². The molecule has 0 N–H and O–H groups in total. The van der Waals surface area contributed by atoms with Gasteiger partial charge in [-0.1, -0.05) is 18.2 Å². The van der Waals surface area contributed by atoms with Crippen LogP contribution in [0.3, 0.4) is 0 Å². The number of aromatic nitrogens is 1. The van der Waals surface area contributed by atoms with Gasteiger partial charge in [-0.3, -0.25) is 14.6 Å². The van der Waals surface area contributed by atoms with E-state index in [0.717, 1.165) is 17.0 Å². The first-order valence-corrected chi connectivity index (χ1v) is 8.19. The summed E-state index contributed by atoms with van der Waals surface area (Å²) in [4.78, 5) is 32.7. The van der Waals surface area contributed by atoms with Crippen LogP contribution in [0.25, 0.3) is 0 Å². The van der Waals surface area contributed by atoms with Crippen LogP contribution in [0.2, 0.25) is 0 Å². The van der Waals surface area contributed by atoms with Crippen LogP contribution >= 0.6 is 0 Å². The van der Waals surface area contributed by atoms with Crippen molar-refractivity contribution in [3.63, 3.8) is 0 Å². The van der Waals surface area contributed by atoms with Crippen molar-refractivity contribution in [2.45, 2.75) is 26.1 Å². The second-order valence-corrected chi connectivity index (χ2v) is 6.06. The van der Waals surface area contributed by atoms with Gasteiger partial charge in [-0.2, -0.15) is 0 Å². The van der Waals surface area contributed by atoms with Crippen LogP contribution in [0, 0.1) is 0 Å². The van der Waals surface area contributed by atoms with Gasteiger partial charge in [0.15, 0.2) is 0 Å². The molecule has 6 nitrogen and oxygen atoms in total. The number of methoxy groups -OCH3 is 1. The Balaban J connectivity index is 1.69. The minimum absolute atomic E-state index is 0.0497. The van der Waals surface area contributed by atoms with E-state index in [1.165, 1.54) is 0 Å². The Labute approximate surface area is 147 Å². The van der Waals surface area contributed by atoms with Crippen LogP contribution in [0.15, 0.2) is 48.7 Å². The number of hydrogen-bond donors (Lipinski definition) is 0. The second-order valence-electron chi connectivity index (χ2n) is 6.06. The zero-order chi connectivity index (χ0) is 17.8. The molecule has 0 bridgehead atoms. The van der Waals surface area contributed by atoms with E-state index in [-0.39, 0.29) is 18.4 Å². The summed E-state index contributed by atoms with van der Waals surface area (Å²) >= 11 is 0.